The Morgan fingerprint density at radius 1 is 0.733 bits per heavy atom. The highest BCUT2D eigenvalue weighted by atomic mass is 35.5. The Bertz CT molecular complexity index is 176. The van der Waals surface area contributed by atoms with E-state index in [9.17, 15) is 5.21 Å². The standard InChI is InChI=1S/C12H23ClNO/c13-14(15,11-7-3-1-4-8-11)12-9-5-2-6-10-12/h11-12,15H,1-10H2/q+1. The van der Waals surface area contributed by atoms with Gasteiger partial charge in [0.2, 0.25) is 11.8 Å². The molecule has 2 aliphatic carbocycles. The molecule has 2 saturated carbocycles. The Morgan fingerprint density at radius 2 is 1.07 bits per heavy atom. The van der Waals surface area contributed by atoms with Crippen LogP contribution in [0.1, 0.15) is 64.2 Å². The summed E-state index contributed by atoms with van der Waals surface area (Å²) in [6.07, 6.45) is 12.0. The number of nitrogens with zero attached hydrogens (tertiary/aromatic N) is 1. The molecule has 0 atom stereocenters. The molecular formula is C12H23ClNO+. The van der Waals surface area contributed by atoms with E-state index < -0.39 is 0 Å². The second kappa shape index (κ2) is 5.03. The van der Waals surface area contributed by atoms with Gasteiger partial charge in [0.25, 0.3) is 0 Å². The minimum atomic E-state index is -0.194. The van der Waals surface area contributed by atoms with Gasteiger partial charge in [0, 0.05) is 25.7 Å². The van der Waals surface area contributed by atoms with Gasteiger partial charge in [-0.2, -0.15) is 5.21 Å². The molecule has 0 unspecified atom stereocenters. The van der Waals surface area contributed by atoms with Crippen molar-refractivity contribution in [1.29, 1.82) is 0 Å². The molecule has 2 rings (SSSR count). The summed E-state index contributed by atoms with van der Waals surface area (Å²) in [6, 6.07) is 0.590. The van der Waals surface area contributed by atoms with Gasteiger partial charge in [0.05, 0.1) is 0 Å². The van der Waals surface area contributed by atoms with Gasteiger partial charge in [-0.05, 0) is 25.7 Å². The summed E-state index contributed by atoms with van der Waals surface area (Å²) in [6.45, 7) is 0. The van der Waals surface area contributed by atoms with Crippen molar-refractivity contribution in [2.75, 3.05) is 0 Å². The number of hydrogen-bond donors (Lipinski definition) is 1. The van der Waals surface area contributed by atoms with E-state index in [1.165, 1.54) is 38.5 Å². The van der Waals surface area contributed by atoms with Gasteiger partial charge in [0.1, 0.15) is 12.1 Å². The molecular weight excluding hydrogens is 210 g/mol. The summed E-state index contributed by atoms with van der Waals surface area (Å²) in [5.74, 6) is 0. The van der Waals surface area contributed by atoms with E-state index in [0.717, 1.165) is 25.7 Å². The van der Waals surface area contributed by atoms with Crippen molar-refractivity contribution in [3.63, 3.8) is 0 Å². The highest BCUT2D eigenvalue weighted by Crippen LogP contribution is 2.36. The molecule has 0 bridgehead atoms. The van der Waals surface area contributed by atoms with Crippen LogP contribution in [-0.2, 0) is 0 Å². The van der Waals surface area contributed by atoms with Gasteiger partial charge < -0.3 is 0 Å². The van der Waals surface area contributed by atoms with Crippen molar-refractivity contribution >= 4 is 11.8 Å². The minimum Gasteiger partial charge on any atom is -0.197 e. The normalized spacial score (nSPS) is 26.8. The Hall–Kier alpha value is 0.210. The molecule has 0 spiro atoms. The first-order valence-electron chi connectivity index (χ1n) is 6.52. The fourth-order valence-electron chi connectivity index (χ4n) is 3.18. The smallest absolute Gasteiger partial charge is 0.197 e. The van der Waals surface area contributed by atoms with Crippen molar-refractivity contribution in [3.8, 4) is 0 Å². The second-order valence-corrected chi connectivity index (χ2v) is 5.78. The first kappa shape index (κ1) is 11.7. The molecule has 0 aromatic rings. The van der Waals surface area contributed by atoms with E-state index in [2.05, 4.69) is 0 Å². The van der Waals surface area contributed by atoms with Crippen LogP contribution in [0.25, 0.3) is 0 Å². The number of hydrogen-bond acceptors (Lipinski definition) is 1. The van der Waals surface area contributed by atoms with E-state index in [-0.39, 0.29) is 4.17 Å². The lowest BCUT2D eigenvalue weighted by Crippen LogP contribution is -2.53. The van der Waals surface area contributed by atoms with Crippen LogP contribution in [0.2, 0.25) is 0 Å². The molecule has 15 heavy (non-hydrogen) atoms. The summed E-state index contributed by atoms with van der Waals surface area (Å²) in [5, 5.41) is 10.5. The van der Waals surface area contributed by atoms with Crippen LogP contribution in [0.15, 0.2) is 0 Å². The van der Waals surface area contributed by atoms with Crippen molar-refractivity contribution in [1.82, 2.24) is 0 Å². The predicted octanol–water partition coefficient (Wildman–Crippen LogP) is 4.01. The van der Waals surface area contributed by atoms with Crippen LogP contribution in [0.5, 0.6) is 0 Å². The maximum Gasteiger partial charge on any atom is 0.205 e. The van der Waals surface area contributed by atoms with E-state index >= 15 is 0 Å². The number of hydroxylamine groups is 2. The molecule has 88 valence electrons. The third kappa shape index (κ3) is 2.66. The summed E-state index contributed by atoms with van der Waals surface area (Å²) < 4.78 is -0.194. The lowest BCUT2D eigenvalue weighted by Gasteiger charge is -2.39. The molecule has 1 N–H and O–H groups in total. The van der Waals surface area contributed by atoms with Gasteiger partial charge >= 0.3 is 0 Å². The van der Waals surface area contributed by atoms with Crippen LogP contribution < -0.4 is 0 Å². The van der Waals surface area contributed by atoms with E-state index in [0.29, 0.717) is 12.1 Å². The molecule has 0 heterocycles. The zero-order valence-electron chi connectivity index (χ0n) is 9.50. The monoisotopic (exact) mass is 232 g/mol. The van der Waals surface area contributed by atoms with Crippen molar-refractivity contribution in [2.45, 2.75) is 76.3 Å². The molecule has 0 aromatic carbocycles. The lowest BCUT2D eigenvalue weighted by molar-refractivity contribution is -1.05. The first-order chi connectivity index (χ1) is 7.21. The first-order valence-corrected chi connectivity index (χ1v) is 6.86. The third-order valence-electron chi connectivity index (χ3n) is 4.17. The highest BCUT2D eigenvalue weighted by molar-refractivity contribution is 6.06. The molecule has 2 aliphatic rings. The Morgan fingerprint density at radius 3 is 1.40 bits per heavy atom. The molecule has 0 amide bonds. The molecule has 0 radical (unpaired) electrons. The van der Waals surface area contributed by atoms with Crippen molar-refractivity contribution < 1.29 is 9.37 Å². The number of halogens is 1. The fraction of sp³-hybridized carbons (Fsp3) is 1.00. The van der Waals surface area contributed by atoms with E-state index in [4.69, 9.17) is 11.8 Å². The van der Waals surface area contributed by atoms with Crippen LogP contribution in [0.4, 0.5) is 0 Å². The van der Waals surface area contributed by atoms with Crippen LogP contribution in [-0.4, -0.2) is 21.5 Å². The van der Waals surface area contributed by atoms with Crippen LogP contribution in [0.3, 0.4) is 0 Å². The molecule has 2 fully saturated rings. The highest BCUT2D eigenvalue weighted by Gasteiger charge is 2.44. The number of rotatable bonds is 2. The van der Waals surface area contributed by atoms with Crippen molar-refractivity contribution in [3.05, 3.63) is 0 Å². The van der Waals surface area contributed by atoms with Crippen LogP contribution >= 0.6 is 11.8 Å². The predicted molar refractivity (Wildman–Crippen MR) is 61.6 cm³/mol. The van der Waals surface area contributed by atoms with E-state index in [1.807, 2.05) is 0 Å². The molecule has 2 nitrogen and oxygen atoms in total. The van der Waals surface area contributed by atoms with Gasteiger partial charge in [-0.15, -0.1) is 0 Å². The third-order valence-corrected chi connectivity index (χ3v) is 4.73. The maximum atomic E-state index is 10.5. The average Bonchev–Trinajstić information content (AvgIpc) is 2.31. The average molecular weight is 233 g/mol. The van der Waals surface area contributed by atoms with Crippen LogP contribution in [0, 0.1) is 0 Å². The molecule has 0 aromatic heterocycles. The van der Waals surface area contributed by atoms with Crippen molar-refractivity contribution in [2.24, 2.45) is 0 Å². The fourth-order valence-corrected chi connectivity index (χ4v) is 3.57. The summed E-state index contributed by atoms with van der Waals surface area (Å²) in [7, 11) is 0. The Labute approximate surface area is 97.9 Å². The Kier molecular flexibility index (Phi) is 3.92. The Balaban J connectivity index is 1.96. The zero-order valence-corrected chi connectivity index (χ0v) is 10.3. The minimum absolute atomic E-state index is 0.194. The quantitative estimate of drug-likeness (QED) is 0.564. The van der Waals surface area contributed by atoms with E-state index in [1.54, 1.807) is 0 Å². The topological polar surface area (TPSA) is 20.2 Å². The number of quaternary nitrogens is 1. The molecule has 3 heteroatoms. The van der Waals surface area contributed by atoms with Gasteiger partial charge in [0.15, 0.2) is 0 Å². The zero-order chi connectivity index (χ0) is 10.7. The second-order valence-electron chi connectivity index (χ2n) is 5.23. The molecule has 0 aliphatic heterocycles. The SMILES string of the molecule is O[N+](Cl)(C1CCCCC1)C1CCCCC1. The summed E-state index contributed by atoms with van der Waals surface area (Å²) >= 11 is 6.39. The summed E-state index contributed by atoms with van der Waals surface area (Å²) in [5.41, 5.74) is 0. The van der Waals surface area contributed by atoms with Gasteiger partial charge in [-0.3, -0.25) is 0 Å². The largest absolute Gasteiger partial charge is 0.205 e. The lowest BCUT2D eigenvalue weighted by atomic mass is 9.90. The van der Waals surface area contributed by atoms with Gasteiger partial charge in [-0.1, -0.05) is 17.0 Å². The van der Waals surface area contributed by atoms with Gasteiger partial charge in [-0.25, -0.2) is 0 Å². The summed E-state index contributed by atoms with van der Waals surface area (Å²) in [4.78, 5) is 0. The molecule has 0 saturated heterocycles. The maximum absolute atomic E-state index is 10.5.